The van der Waals surface area contributed by atoms with E-state index < -0.39 is 0 Å². The minimum atomic E-state index is -0.294. The second-order valence-corrected chi connectivity index (χ2v) is 5.63. The quantitative estimate of drug-likeness (QED) is 0.324. The Bertz CT molecular complexity index is 497. The van der Waals surface area contributed by atoms with Crippen LogP contribution in [0.25, 0.3) is 0 Å². The first kappa shape index (κ1) is 19.2. The van der Waals surface area contributed by atoms with Crippen molar-refractivity contribution >= 4 is 11.6 Å². The summed E-state index contributed by atoms with van der Waals surface area (Å²) >= 11 is 0. The number of allylic oxidation sites excluding steroid dienone is 4. The summed E-state index contributed by atoms with van der Waals surface area (Å²) in [7, 11) is 2.82. The third-order valence-electron chi connectivity index (χ3n) is 3.87. The lowest BCUT2D eigenvalue weighted by molar-refractivity contribution is -0.120. The molecular weight excluding hydrogens is 292 g/mol. The van der Waals surface area contributed by atoms with Gasteiger partial charge in [0, 0.05) is 11.6 Å². The van der Waals surface area contributed by atoms with E-state index in [2.05, 4.69) is 19.1 Å². The summed E-state index contributed by atoms with van der Waals surface area (Å²) in [5, 5.41) is 0. The molecule has 0 aromatic carbocycles. The number of carbonyl (C=O) groups excluding carboxylic acids is 2. The maximum Gasteiger partial charge on any atom is 0.227 e. The molecule has 0 aromatic heterocycles. The van der Waals surface area contributed by atoms with E-state index >= 15 is 0 Å². The van der Waals surface area contributed by atoms with Gasteiger partial charge in [-0.2, -0.15) is 0 Å². The van der Waals surface area contributed by atoms with Gasteiger partial charge in [0.2, 0.25) is 11.6 Å². The highest BCUT2D eigenvalue weighted by atomic mass is 16.5. The SMILES string of the molecule is CCCCC=CCCCCCC1=C(OC)C(=O)C=C(OC)C1=O. The van der Waals surface area contributed by atoms with Crippen molar-refractivity contribution < 1.29 is 19.1 Å². The second kappa shape index (κ2) is 10.8. The molecule has 0 heterocycles. The van der Waals surface area contributed by atoms with Gasteiger partial charge in [-0.05, 0) is 32.1 Å². The van der Waals surface area contributed by atoms with Crippen LogP contribution in [-0.2, 0) is 19.1 Å². The highest BCUT2D eigenvalue weighted by molar-refractivity contribution is 6.21. The Hall–Kier alpha value is -1.84. The molecule has 0 fully saturated rings. The Morgan fingerprint density at radius 2 is 1.65 bits per heavy atom. The molecule has 0 unspecified atom stereocenters. The smallest absolute Gasteiger partial charge is 0.227 e. The minimum Gasteiger partial charge on any atom is -0.493 e. The molecule has 4 nitrogen and oxygen atoms in total. The zero-order valence-corrected chi connectivity index (χ0v) is 14.5. The molecule has 1 aliphatic rings. The normalized spacial score (nSPS) is 15.3. The zero-order chi connectivity index (χ0) is 17.1. The summed E-state index contributed by atoms with van der Waals surface area (Å²) in [5.74, 6) is -0.263. The number of carbonyl (C=O) groups is 2. The highest BCUT2D eigenvalue weighted by Gasteiger charge is 2.29. The van der Waals surface area contributed by atoms with Crippen molar-refractivity contribution in [1.82, 2.24) is 0 Å². The molecule has 0 amide bonds. The van der Waals surface area contributed by atoms with Crippen LogP contribution in [0.5, 0.6) is 0 Å². The maximum atomic E-state index is 12.2. The summed E-state index contributed by atoms with van der Waals surface area (Å²) in [6, 6.07) is 0. The lowest BCUT2D eigenvalue weighted by atomic mass is 9.94. The molecule has 23 heavy (non-hydrogen) atoms. The number of unbranched alkanes of at least 4 members (excludes halogenated alkanes) is 5. The Balaban J connectivity index is 2.41. The largest absolute Gasteiger partial charge is 0.493 e. The topological polar surface area (TPSA) is 52.6 Å². The van der Waals surface area contributed by atoms with Gasteiger partial charge >= 0.3 is 0 Å². The van der Waals surface area contributed by atoms with E-state index in [1.54, 1.807) is 0 Å². The van der Waals surface area contributed by atoms with Crippen molar-refractivity contribution in [3.05, 3.63) is 35.3 Å². The summed E-state index contributed by atoms with van der Waals surface area (Å²) in [6.07, 6.45) is 13.9. The number of Topliss-reactive ketones (excluding diaryl/α,β-unsaturated/α-hetero) is 1. The predicted molar refractivity (Wildman–Crippen MR) is 90.9 cm³/mol. The van der Waals surface area contributed by atoms with Crippen LogP contribution in [0.2, 0.25) is 0 Å². The molecule has 0 saturated carbocycles. The van der Waals surface area contributed by atoms with Crippen LogP contribution in [0, 0.1) is 0 Å². The number of hydrogen-bond donors (Lipinski definition) is 0. The Labute approximate surface area is 139 Å². The standard InChI is InChI=1S/C19H28O4/c1-4-5-6-7-8-9-10-11-12-13-15-18(21)17(22-2)14-16(20)19(15)23-3/h7-8,14H,4-6,9-13H2,1-3H3. The zero-order valence-electron chi connectivity index (χ0n) is 14.5. The van der Waals surface area contributed by atoms with Gasteiger partial charge in [-0.15, -0.1) is 0 Å². The third kappa shape index (κ3) is 6.05. The number of rotatable bonds is 11. The summed E-state index contributed by atoms with van der Waals surface area (Å²) in [5.41, 5.74) is 0.440. The lowest BCUT2D eigenvalue weighted by Crippen LogP contribution is -2.21. The van der Waals surface area contributed by atoms with Gasteiger partial charge in [-0.25, -0.2) is 0 Å². The van der Waals surface area contributed by atoms with Crippen molar-refractivity contribution in [1.29, 1.82) is 0 Å². The summed E-state index contributed by atoms with van der Waals surface area (Å²) in [4.78, 5) is 24.2. The molecule has 0 spiro atoms. The van der Waals surface area contributed by atoms with Crippen molar-refractivity contribution in [2.75, 3.05) is 14.2 Å². The number of hydrogen-bond acceptors (Lipinski definition) is 4. The van der Waals surface area contributed by atoms with Crippen LogP contribution in [0.3, 0.4) is 0 Å². The third-order valence-corrected chi connectivity index (χ3v) is 3.87. The van der Waals surface area contributed by atoms with E-state index in [4.69, 9.17) is 9.47 Å². The molecule has 0 N–H and O–H groups in total. The molecule has 1 aliphatic carbocycles. The average molecular weight is 320 g/mol. The average Bonchev–Trinajstić information content (AvgIpc) is 2.55. The van der Waals surface area contributed by atoms with Crippen LogP contribution < -0.4 is 0 Å². The van der Waals surface area contributed by atoms with Gasteiger partial charge < -0.3 is 9.47 Å². The number of methoxy groups -OCH3 is 2. The van der Waals surface area contributed by atoms with Gasteiger partial charge in [0.15, 0.2) is 11.5 Å². The van der Waals surface area contributed by atoms with E-state index in [0.717, 1.165) is 32.1 Å². The molecule has 0 aliphatic heterocycles. The van der Waals surface area contributed by atoms with E-state index in [-0.39, 0.29) is 23.1 Å². The molecule has 128 valence electrons. The Kier molecular flexibility index (Phi) is 9.03. The van der Waals surface area contributed by atoms with Crippen LogP contribution in [0.15, 0.2) is 35.3 Å². The van der Waals surface area contributed by atoms with Gasteiger partial charge in [-0.1, -0.05) is 38.3 Å². The van der Waals surface area contributed by atoms with E-state index in [9.17, 15) is 9.59 Å². The first-order valence-corrected chi connectivity index (χ1v) is 8.42. The van der Waals surface area contributed by atoms with Gasteiger partial charge in [0.05, 0.1) is 14.2 Å². The van der Waals surface area contributed by atoms with Crippen molar-refractivity contribution in [2.45, 2.75) is 58.3 Å². The fourth-order valence-corrected chi connectivity index (χ4v) is 2.55. The highest BCUT2D eigenvalue weighted by Crippen LogP contribution is 2.25. The molecule has 1 rings (SSSR count). The fourth-order valence-electron chi connectivity index (χ4n) is 2.55. The fraction of sp³-hybridized carbons (Fsp3) is 0.579. The van der Waals surface area contributed by atoms with Gasteiger partial charge in [0.1, 0.15) is 0 Å². The van der Waals surface area contributed by atoms with Crippen LogP contribution in [0.4, 0.5) is 0 Å². The molecule has 0 bridgehead atoms. The summed E-state index contributed by atoms with van der Waals surface area (Å²) in [6.45, 7) is 2.19. The lowest BCUT2D eigenvalue weighted by Gasteiger charge is -2.17. The van der Waals surface area contributed by atoms with E-state index in [1.807, 2.05) is 0 Å². The molecule has 0 saturated heterocycles. The van der Waals surface area contributed by atoms with E-state index in [0.29, 0.717) is 12.0 Å². The van der Waals surface area contributed by atoms with Gasteiger partial charge in [-0.3, -0.25) is 9.59 Å². The number of ether oxygens (including phenoxy) is 2. The van der Waals surface area contributed by atoms with Crippen molar-refractivity contribution in [3.63, 3.8) is 0 Å². The maximum absolute atomic E-state index is 12.2. The van der Waals surface area contributed by atoms with Crippen LogP contribution >= 0.6 is 0 Å². The molecule has 4 heteroatoms. The van der Waals surface area contributed by atoms with Crippen molar-refractivity contribution in [3.8, 4) is 0 Å². The van der Waals surface area contributed by atoms with E-state index in [1.165, 1.54) is 33.1 Å². The predicted octanol–water partition coefficient (Wildman–Crippen LogP) is 4.27. The Morgan fingerprint density at radius 3 is 2.26 bits per heavy atom. The molecule has 0 atom stereocenters. The first-order valence-electron chi connectivity index (χ1n) is 8.42. The first-order chi connectivity index (χ1) is 11.2. The molecule has 0 aromatic rings. The van der Waals surface area contributed by atoms with Crippen molar-refractivity contribution in [2.24, 2.45) is 0 Å². The summed E-state index contributed by atoms with van der Waals surface area (Å²) < 4.78 is 10.1. The van der Waals surface area contributed by atoms with Crippen LogP contribution in [0.1, 0.15) is 58.3 Å². The second-order valence-electron chi connectivity index (χ2n) is 5.63. The monoisotopic (exact) mass is 320 g/mol. The Morgan fingerprint density at radius 1 is 0.957 bits per heavy atom. The van der Waals surface area contributed by atoms with Crippen LogP contribution in [-0.4, -0.2) is 25.8 Å². The molecular formula is C19H28O4. The van der Waals surface area contributed by atoms with Gasteiger partial charge in [0.25, 0.3) is 0 Å². The minimum absolute atomic E-state index is 0.102. The molecule has 0 radical (unpaired) electrons. The number of ketones is 2.